The molecule has 0 atom stereocenters. The molecule has 1 saturated heterocycles. The molecule has 0 unspecified atom stereocenters. The molecule has 15 heavy (non-hydrogen) atoms. The van der Waals surface area contributed by atoms with Crippen molar-refractivity contribution in [3.63, 3.8) is 0 Å². The highest BCUT2D eigenvalue weighted by molar-refractivity contribution is 5.53. The molecule has 1 aromatic heterocycles. The number of likely N-dealkylation sites (tertiary alicyclic amines) is 1. The quantitative estimate of drug-likeness (QED) is 0.667. The minimum absolute atomic E-state index is 0.267. The van der Waals surface area contributed by atoms with Crippen LogP contribution in [0.4, 0.5) is 0 Å². The van der Waals surface area contributed by atoms with Gasteiger partial charge in [-0.25, -0.2) is 0 Å². The maximum Gasteiger partial charge on any atom is 0.123 e. The summed E-state index contributed by atoms with van der Waals surface area (Å²) < 4.78 is 0. The van der Waals surface area contributed by atoms with Crippen molar-refractivity contribution >= 4 is 6.29 Å². The van der Waals surface area contributed by atoms with Crippen molar-refractivity contribution in [2.24, 2.45) is 13.0 Å². The lowest BCUT2D eigenvalue weighted by Crippen LogP contribution is -2.33. The maximum atomic E-state index is 10.6. The van der Waals surface area contributed by atoms with Gasteiger partial charge in [0.25, 0.3) is 0 Å². The first-order chi connectivity index (χ1) is 7.28. The highest BCUT2D eigenvalue weighted by Gasteiger charge is 2.18. The molecule has 0 aromatic carbocycles. The predicted octanol–water partition coefficient (Wildman–Crippen LogP) is 0.226. The Hall–Kier alpha value is -1.23. The van der Waals surface area contributed by atoms with Crippen LogP contribution in [0.1, 0.15) is 18.5 Å². The van der Waals surface area contributed by atoms with E-state index in [0.29, 0.717) is 0 Å². The average Bonchev–Trinajstić information content (AvgIpc) is 2.65. The number of carbonyl (C=O) groups excluding carboxylic acids is 1. The molecule has 0 bridgehead atoms. The molecule has 1 aromatic rings. The number of rotatable bonds is 3. The molecule has 82 valence electrons. The molecule has 1 aliphatic rings. The summed E-state index contributed by atoms with van der Waals surface area (Å²) in [7, 11) is 1.82. The summed E-state index contributed by atoms with van der Waals surface area (Å²) in [5.41, 5.74) is 1.00. The Balaban J connectivity index is 1.84. The van der Waals surface area contributed by atoms with Gasteiger partial charge in [0.1, 0.15) is 6.29 Å². The van der Waals surface area contributed by atoms with Gasteiger partial charge < -0.3 is 4.79 Å². The van der Waals surface area contributed by atoms with E-state index in [1.807, 2.05) is 7.05 Å². The first-order valence-electron chi connectivity index (χ1n) is 5.31. The fourth-order valence-corrected chi connectivity index (χ4v) is 1.94. The number of nitrogens with zero attached hydrogens (tertiary/aromatic N) is 4. The summed E-state index contributed by atoms with van der Waals surface area (Å²) in [5, 5.41) is 8.27. The molecule has 5 nitrogen and oxygen atoms in total. The van der Waals surface area contributed by atoms with Crippen LogP contribution in [0.25, 0.3) is 0 Å². The molecule has 0 aliphatic carbocycles. The molecule has 5 heteroatoms. The normalized spacial score (nSPS) is 19.3. The number of aldehydes is 1. The van der Waals surface area contributed by atoms with E-state index in [-0.39, 0.29) is 5.92 Å². The zero-order valence-electron chi connectivity index (χ0n) is 8.96. The molecular formula is C10H16N4O. The van der Waals surface area contributed by atoms with Gasteiger partial charge in [-0.2, -0.15) is 15.0 Å². The zero-order chi connectivity index (χ0) is 10.7. The van der Waals surface area contributed by atoms with Crippen molar-refractivity contribution in [3.8, 4) is 0 Å². The van der Waals surface area contributed by atoms with Crippen LogP contribution >= 0.6 is 0 Å². The Morgan fingerprint density at radius 3 is 2.80 bits per heavy atom. The van der Waals surface area contributed by atoms with Crippen LogP contribution in [0.2, 0.25) is 0 Å². The lowest BCUT2D eigenvalue weighted by molar-refractivity contribution is -0.112. The highest BCUT2D eigenvalue weighted by Crippen LogP contribution is 2.16. The predicted molar refractivity (Wildman–Crippen MR) is 55.1 cm³/mol. The number of piperidine rings is 1. The smallest absolute Gasteiger partial charge is 0.123 e. The van der Waals surface area contributed by atoms with Crippen LogP contribution in [0.3, 0.4) is 0 Å². The number of hydrogen-bond acceptors (Lipinski definition) is 4. The Kier molecular flexibility index (Phi) is 3.11. The molecule has 0 saturated carbocycles. The number of aromatic nitrogens is 3. The van der Waals surface area contributed by atoms with Crippen molar-refractivity contribution in [1.29, 1.82) is 0 Å². The first kappa shape index (κ1) is 10.3. The third-order valence-corrected chi connectivity index (χ3v) is 2.86. The molecule has 2 rings (SSSR count). The monoisotopic (exact) mass is 208 g/mol. The average molecular weight is 208 g/mol. The van der Waals surface area contributed by atoms with Crippen molar-refractivity contribution in [2.75, 3.05) is 13.1 Å². The van der Waals surface area contributed by atoms with Gasteiger partial charge in [-0.1, -0.05) is 0 Å². The van der Waals surface area contributed by atoms with Crippen LogP contribution < -0.4 is 0 Å². The Morgan fingerprint density at radius 1 is 1.53 bits per heavy atom. The fraction of sp³-hybridized carbons (Fsp3) is 0.700. The maximum absolute atomic E-state index is 10.6. The number of aryl methyl sites for hydroxylation is 1. The Labute approximate surface area is 89.1 Å². The first-order valence-corrected chi connectivity index (χ1v) is 5.31. The van der Waals surface area contributed by atoms with Gasteiger partial charge in [-0.15, -0.1) is 0 Å². The van der Waals surface area contributed by atoms with Gasteiger partial charge in [-0.3, -0.25) is 4.90 Å². The fourth-order valence-electron chi connectivity index (χ4n) is 1.94. The molecule has 0 amide bonds. The van der Waals surface area contributed by atoms with Gasteiger partial charge in [0.15, 0.2) is 0 Å². The molecule has 1 fully saturated rings. The lowest BCUT2D eigenvalue weighted by atomic mass is 9.99. The van der Waals surface area contributed by atoms with Gasteiger partial charge in [0, 0.05) is 19.5 Å². The molecule has 1 aliphatic heterocycles. The van der Waals surface area contributed by atoms with E-state index in [0.717, 1.165) is 44.5 Å². The van der Waals surface area contributed by atoms with Gasteiger partial charge in [0.2, 0.25) is 0 Å². The largest absolute Gasteiger partial charge is 0.303 e. The second-order valence-electron chi connectivity index (χ2n) is 4.08. The van der Waals surface area contributed by atoms with Crippen molar-refractivity contribution in [3.05, 3.63) is 11.9 Å². The van der Waals surface area contributed by atoms with Crippen LogP contribution in [0.15, 0.2) is 6.20 Å². The van der Waals surface area contributed by atoms with Crippen molar-refractivity contribution in [1.82, 2.24) is 19.9 Å². The summed E-state index contributed by atoms with van der Waals surface area (Å²) in [4.78, 5) is 14.5. The van der Waals surface area contributed by atoms with Crippen LogP contribution in [-0.2, 0) is 18.4 Å². The Morgan fingerprint density at radius 2 is 2.27 bits per heavy atom. The number of carbonyl (C=O) groups is 1. The van der Waals surface area contributed by atoms with Crippen molar-refractivity contribution in [2.45, 2.75) is 19.4 Å². The minimum Gasteiger partial charge on any atom is -0.303 e. The highest BCUT2D eigenvalue weighted by atomic mass is 16.1. The third kappa shape index (κ3) is 2.62. The van der Waals surface area contributed by atoms with Gasteiger partial charge >= 0.3 is 0 Å². The standard InChI is InChI=1S/C10H16N4O/c1-13-11-6-10(12-13)7-14-4-2-9(8-15)3-5-14/h6,8-9H,2-5,7H2,1H3. The number of hydrogen-bond donors (Lipinski definition) is 0. The van der Waals surface area contributed by atoms with Crippen LogP contribution in [0.5, 0.6) is 0 Å². The summed E-state index contributed by atoms with van der Waals surface area (Å²) in [6.45, 7) is 2.82. The van der Waals surface area contributed by atoms with E-state index in [2.05, 4.69) is 15.1 Å². The summed E-state index contributed by atoms with van der Waals surface area (Å²) >= 11 is 0. The van der Waals surface area contributed by atoms with Gasteiger partial charge in [0.05, 0.1) is 11.9 Å². The summed E-state index contributed by atoms with van der Waals surface area (Å²) in [6, 6.07) is 0. The van der Waals surface area contributed by atoms with E-state index >= 15 is 0 Å². The molecule has 0 spiro atoms. The van der Waals surface area contributed by atoms with E-state index < -0.39 is 0 Å². The van der Waals surface area contributed by atoms with E-state index in [1.54, 1.807) is 11.0 Å². The van der Waals surface area contributed by atoms with E-state index in [1.165, 1.54) is 0 Å². The third-order valence-electron chi connectivity index (χ3n) is 2.86. The molecule has 2 heterocycles. The SMILES string of the molecule is Cn1ncc(CN2CCC(C=O)CC2)n1. The Bertz CT molecular complexity index is 328. The second-order valence-corrected chi connectivity index (χ2v) is 4.08. The summed E-state index contributed by atoms with van der Waals surface area (Å²) in [5.74, 6) is 0.267. The minimum atomic E-state index is 0.267. The topological polar surface area (TPSA) is 51.0 Å². The molecular weight excluding hydrogens is 192 g/mol. The van der Waals surface area contributed by atoms with Gasteiger partial charge in [-0.05, 0) is 25.9 Å². The zero-order valence-corrected chi connectivity index (χ0v) is 8.96. The van der Waals surface area contributed by atoms with Crippen LogP contribution in [0, 0.1) is 5.92 Å². The van der Waals surface area contributed by atoms with E-state index in [4.69, 9.17) is 0 Å². The van der Waals surface area contributed by atoms with E-state index in [9.17, 15) is 4.79 Å². The summed E-state index contributed by atoms with van der Waals surface area (Å²) in [6.07, 6.45) is 4.83. The molecule has 0 N–H and O–H groups in total. The second kappa shape index (κ2) is 4.53. The molecule has 0 radical (unpaired) electrons. The lowest BCUT2D eigenvalue weighted by Gasteiger charge is -2.28. The van der Waals surface area contributed by atoms with Crippen molar-refractivity contribution < 1.29 is 4.79 Å². The van der Waals surface area contributed by atoms with Crippen LogP contribution in [-0.4, -0.2) is 39.3 Å².